The van der Waals surface area contributed by atoms with E-state index in [0.717, 1.165) is 19.4 Å². The summed E-state index contributed by atoms with van der Waals surface area (Å²) in [6.45, 7) is 1.01. The summed E-state index contributed by atoms with van der Waals surface area (Å²) in [5.74, 6) is 1.19. The van der Waals surface area contributed by atoms with E-state index in [4.69, 9.17) is 4.74 Å². The molecule has 2 heterocycles. The molecule has 0 saturated carbocycles. The van der Waals surface area contributed by atoms with E-state index in [-0.39, 0.29) is 29.7 Å². The van der Waals surface area contributed by atoms with Crippen LogP contribution >= 0.6 is 12.4 Å². The Morgan fingerprint density at radius 3 is 2.95 bits per heavy atom. The first-order valence-corrected chi connectivity index (χ1v) is 7.71. The van der Waals surface area contributed by atoms with Crippen LogP contribution in [0, 0.1) is 5.92 Å². The first-order valence-electron chi connectivity index (χ1n) is 7.71. The van der Waals surface area contributed by atoms with Crippen molar-refractivity contribution >= 4 is 12.4 Å². The fourth-order valence-corrected chi connectivity index (χ4v) is 5.24. The predicted molar refractivity (Wildman–Crippen MR) is 84.8 cm³/mol. The van der Waals surface area contributed by atoms with E-state index < -0.39 is 6.10 Å². The number of hydrogen-bond acceptors (Lipinski definition) is 4. The Balaban J connectivity index is 0.00000125. The lowest BCUT2D eigenvalue weighted by atomic mass is 9.53. The second-order valence-corrected chi connectivity index (χ2v) is 6.93. The number of likely N-dealkylation sites (tertiary alicyclic amines) is 1. The van der Waals surface area contributed by atoms with E-state index in [0.29, 0.717) is 17.7 Å². The summed E-state index contributed by atoms with van der Waals surface area (Å²) < 4.78 is 6.09. The summed E-state index contributed by atoms with van der Waals surface area (Å²) in [6, 6.07) is 4.23. The van der Waals surface area contributed by atoms with Gasteiger partial charge in [-0.3, -0.25) is 0 Å². The van der Waals surface area contributed by atoms with Crippen molar-refractivity contribution in [2.75, 3.05) is 13.6 Å². The molecule has 0 unspecified atom stereocenters. The van der Waals surface area contributed by atoms with Crippen molar-refractivity contribution in [2.24, 2.45) is 5.92 Å². The molecule has 22 heavy (non-hydrogen) atoms. The van der Waals surface area contributed by atoms with Gasteiger partial charge >= 0.3 is 0 Å². The number of benzene rings is 1. The smallest absolute Gasteiger partial charge is 0.165 e. The minimum absolute atomic E-state index is 0. The quantitative estimate of drug-likeness (QED) is 0.713. The number of aromatic hydroxyl groups is 1. The lowest BCUT2D eigenvalue weighted by Gasteiger charge is -2.56. The van der Waals surface area contributed by atoms with Gasteiger partial charge in [0, 0.05) is 22.9 Å². The molecule has 0 amide bonds. The Morgan fingerprint density at radius 2 is 2.14 bits per heavy atom. The van der Waals surface area contributed by atoms with Crippen molar-refractivity contribution in [3.63, 3.8) is 0 Å². The number of likely N-dealkylation sites (N-methyl/N-ethyl adjacent to an activating group) is 1. The van der Waals surface area contributed by atoms with Gasteiger partial charge in [-0.15, -0.1) is 12.4 Å². The minimum atomic E-state index is -0.594. The third-order valence-electron chi connectivity index (χ3n) is 6.15. The van der Waals surface area contributed by atoms with Crippen molar-refractivity contribution in [2.45, 2.75) is 36.5 Å². The van der Waals surface area contributed by atoms with Crippen molar-refractivity contribution in [3.05, 3.63) is 35.4 Å². The zero-order valence-electron chi connectivity index (χ0n) is 12.4. The van der Waals surface area contributed by atoms with Crippen LogP contribution in [0.5, 0.6) is 11.5 Å². The second-order valence-electron chi connectivity index (χ2n) is 6.93. The molecule has 1 aromatic rings. The molecular formula is C17H20ClNO3. The number of halogens is 1. The maximum Gasteiger partial charge on any atom is 0.165 e. The molecule has 1 aromatic carbocycles. The molecule has 5 heteroatoms. The molecule has 2 aliphatic carbocycles. The number of hydrogen-bond donors (Lipinski definition) is 2. The normalized spacial score (nSPS) is 40.6. The van der Waals surface area contributed by atoms with E-state index in [2.05, 4.69) is 18.0 Å². The van der Waals surface area contributed by atoms with Gasteiger partial charge in [-0.2, -0.15) is 0 Å². The molecule has 5 rings (SSSR count). The molecule has 4 nitrogen and oxygen atoms in total. The Hall–Kier alpha value is -1.23. The SMILES string of the molecule is CN1CC[C@@]23c4c5ccc(O)c4O[C@@H]2[C@H](O)C=C[C@@H]3[C@@H]1C5.Cl. The average Bonchev–Trinajstić information content (AvgIpc) is 2.83. The predicted octanol–water partition coefficient (Wildman–Crippen LogP) is 1.62. The lowest BCUT2D eigenvalue weighted by Crippen LogP contribution is -2.64. The summed E-state index contributed by atoms with van der Waals surface area (Å²) in [6.07, 6.45) is 5.18. The van der Waals surface area contributed by atoms with Gasteiger partial charge in [0.25, 0.3) is 0 Å². The van der Waals surface area contributed by atoms with Gasteiger partial charge in [-0.25, -0.2) is 0 Å². The van der Waals surface area contributed by atoms with E-state index in [1.165, 1.54) is 11.1 Å². The summed E-state index contributed by atoms with van der Waals surface area (Å²) in [4.78, 5) is 2.43. The van der Waals surface area contributed by atoms with Crippen LogP contribution < -0.4 is 4.74 Å². The second kappa shape index (κ2) is 4.40. The van der Waals surface area contributed by atoms with Crippen LogP contribution in [0.25, 0.3) is 0 Å². The number of piperidine rings is 1. The molecule has 118 valence electrons. The Bertz CT molecular complexity index is 676. The Kier molecular flexibility index (Phi) is 2.88. The number of aliphatic hydroxyl groups excluding tert-OH is 1. The van der Waals surface area contributed by atoms with Gasteiger partial charge in [-0.05, 0) is 38.1 Å². The topological polar surface area (TPSA) is 52.9 Å². The van der Waals surface area contributed by atoms with Gasteiger partial charge < -0.3 is 19.8 Å². The van der Waals surface area contributed by atoms with Crippen LogP contribution in [0.15, 0.2) is 24.3 Å². The molecule has 1 saturated heterocycles. The van der Waals surface area contributed by atoms with E-state index in [1.807, 2.05) is 12.1 Å². The molecule has 5 atom stereocenters. The average molecular weight is 322 g/mol. The first kappa shape index (κ1) is 14.4. The molecule has 4 aliphatic rings. The molecule has 2 N–H and O–H groups in total. The van der Waals surface area contributed by atoms with Crippen LogP contribution in [0.2, 0.25) is 0 Å². The van der Waals surface area contributed by atoms with Crippen molar-refractivity contribution in [1.29, 1.82) is 0 Å². The molecular weight excluding hydrogens is 302 g/mol. The molecule has 0 radical (unpaired) electrons. The highest BCUT2D eigenvalue weighted by atomic mass is 35.5. The maximum atomic E-state index is 10.4. The number of rotatable bonds is 0. The van der Waals surface area contributed by atoms with Crippen molar-refractivity contribution < 1.29 is 14.9 Å². The summed E-state index contributed by atoms with van der Waals surface area (Å²) in [5, 5.41) is 20.6. The maximum absolute atomic E-state index is 10.4. The highest BCUT2D eigenvalue weighted by Gasteiger charge is 2.64. The first-order chi connectivity index (χ1) is 10.1. The standard InChI is InChI=1S/C17H19NO3.ClH/c1-18-7-6-17-10-3-5-13(20)16(17)21-15-12(19)4-2-9(14(15)17)8-11(10)18;/h2-5,10-11,13,16,19-20H,6-8H2,1H3;1H/t10-,11+,13-,16-,17-;/m1./s1. The van der Waals surface area contributed by atoms with Gasteiger partial charge in [0.1, 0.15) is 12.2 Å². The molecule has 1 spiro atoms. The largest absolute Gasteiger partial charge is 0.504 e. The van der Waals surface area contributed by atoms with Crippen LogP contribution in [0.3, 0.4) is 0 Å². The number of phenols is 1. The molecule has 2 aliphatic heterocycles. The Morgan fingerprint density at radius 1 is 1.32 bits per heavy atom. The molecule has 2 bridgehead atoms. The van der Waals surface area contributed by atoms with Gasteiger partial charge in [0.2, 0.25) is 0 Å². The minimum Gasteiger partial charge on any atom is -0.504 e. The van der Waals surface area contributed by atoms with Crippen LogP contribution in [0.4, 0.5) is 0 Å². The number of ether oxygens (including phenoxy) is 1. The highest BCUT2D eigenvalue weighted by molar-refractivity contribution is 5.85. The third kappa shape index (κ3) is 1.41. The summed E-state index contributed by atoms with van der Waals surface area (Å²) >= 11 is 0. The van der Waals surface area contributed by atoms with Crippen LogP contribution in [-0.4, -0.2) is 47.0 Å². The van der Waals surface area contributed by atoms with E-state index in [9.17, 15) is 10.2 Å². The highest BCUT2D eigenvalue weighted by Crippen LogP contribution is 2.62. The third-order valence-corrected chi connectivity index (χ3v) is 6.15. The summed E-state index contributed by atoms with van der Waals surface area (Å²) in [5.41, 5.74) is 2.29. The van der Waals surface area contributed by atoms with Crippen LogP contribution in [0.1, 0.15) is 17.5 Å². The van der Waals surface area contributed by atoms with Gasteiger partial charge in [0.05, 0.1) is 0 Å². The van der Waals surface area contributed by atoms with Crippen molar-refractivity contribution in [1.82, 2.24) is 4.90 Å². The fourth-order valence-electron chi connectivity index (χ4n) is 5.24. The molecule has 1 fully saturated rings. The van der Waals surface area contributed by atoms with Crippen molar-refractivity contribution in [3.8, 4) is 11.5 Å². The number of aliphatic hydroxyl groups is 1. The Labute approximate surface area is 135 Å². The lowest BCUT2D eigenvalue weighted by molar-refractivity contribution is -0.0453. The van der Waals surface area contributed by atoms with Crippen LogP contribution in [-0.2, 0) is 11.8 Å². The zero-order chi connectivity index (χ0) is 14.4. The molecule has 0 aromatic heterocycles. The number of phenolic OH excluding ortho intramolecular Hbond substituents is 1. The fraction of sp³-hybridized carbons (Fsp3) is 0.529. The zero-order valence-corrected chi connectivity index (χ0v) is 13.2. The summed E-state index contributed by atoms with van der Waals surface area (Å²) in [7, 11) is 2.19. The van der Waals surface area contributed by atoms with Gasteiger partial charge in [-0.1, -0.05) is 18.2 Å². The van der Waals surface area contributed by atoms with E-state index >= 15 is 0 Å². The van der Waals surface area contributed by atoms with E-state index in [1.54, 1.807) is 6.07 Å². The number of nitrogens with zero attached hydrogens (tertiary/aromatic N) is 1. The van der Waals surface area contributed by atoms with Gasteiger partial charge in [0.15, 0.2) is 11.5 Å². The monoisotopic (exact) mass is 321 g/mol.